The Kier molecular flexibility index (Phi) is 5.12. The maximum Gasteiger partial charge on any atom is 0.307 e. The highest BCUT2D eigenvalue weighted by atomic mass is 35.5. The molecule has 112 valence electrons. The zero-order chi connectivity index (χ0) is 15.4. The second kappa shape index (κ2) is 6.85. The molecule has 5 heteroatoms. The molecule has 0 amide bonds. The number of aliphatic carboxylic acids is 1. The first-order valence-corrected chi connectivity index (χ1v) is 7.41. The number of Topliss-reactive ketones (excluding diaryl/α,β-unsaturated/α-hetero) is 2. The van der Waals surface area contributed by atoms with Crippen molar-refractivity contribution in [3.8, 4) is 0 Å². The van der Waals surface area contributed by atoms with Gasteiger partial charge in [-0.3, -0.25) is 14.4 Å². The van der Waals surface area contributed by atoms with E-state index in [1.807, 2.05) is 0 Å². The summed E-state index contributed by atoms with van der Waals surface area (Å²) in [7, 11) is 0. The third kappa shape index (κ3) is 3.91. The molecule has 1 aliphatic rings. The Balaban J connectivity index is 2.04. The summed E-state index contributed by atoms with van der Waals surface area (Å²) in [5.41, 5.74) is 0.426. The molecule has 0 aliphatic heterocycles. The van der Waals surface area contributed by atoms with Gasteiger partial charge >= 0.3 is 5.97 Å². The molecule has 2 atom stereocenters. The van der Waals surface area contributed by atoms with E-state index < -0.39 is 17.8 Å². The quantitative estimate of drug-likeness (QED) is 0.668. The topological polar surface area (TPSA) is 71.4 Å². The van der Waals surface area contributed by atoms with E-state index in [0.29, 0.717) is 23.4 Å². The maximum absolute atomic E-state index is 12.3. The van der Waals surface area contributed by atoms with Crippen molar-refractivity contribution in [2.75, 3.05) is 0 Å². The van der Waals surface area contributed by atoms with Crippen molar-refractivity contribution in [2.24, 2.45) is 11.8 Å². The van der Waals surface area contributed by atoms with Gasteiger partial charge in [0.25, 0.3) is 0 Å². The van der Waals surface area contributed by atoms with E-state index in [0.717, 1.165) is 12.8 Å². The smallest absolute Gasteiger partial charge is 0.307 e. The van der Waals surface area contributed by atoms with Crippen LogP contribution in [-0.4, -0.2) is 22.6 Å². The van der Waals surface area contributed by atoms with Gasteiger partial charge in [0.05, 0.1) is 12.3 Å². The van der Waals surface area contributed by atoms with Crippen LogP contribution in [0.4, 0.5) is 0 Å². The van der Waals surface area contributed by atoms with Crippen LogP contribution in [0.1, 0.15) is 42.5 Å². The molecule has 1 aliphatic carbocycles. The van der Waals surface area contributed by atoms with Gasteiger partial charge in [0.2, 0.25) is 0 Å². The molecule has 1 N–H and O–H groups in total. The third-order valence-corrected chi connectivity index (χ3v) is 4.25. The molecular weight excluding hydrogens is 292 g/mol. The Morgan fingerprint density at radius 1 is 1.05 bits per heavy atom. The Morgan fingerprint density at radius 3 is 2.19 bits per heavy atom. The van der Waals surface area contributed by atoms with Gasteiger partial charge in [0.1, 0.15) is 5.78 Å². The number of hydrogen-bond acceptors (Lipinski definition) is 3. The summed E-state index contributed by atoms with van der Waals surface area (Å²) in [6, 6.07) is 6.35. The van der Waals surface area contributed by atoms with Crippen molar-refractivity contribution in [1.29, 1.82) is 0 Å². The van der Waals surface area contributed by atoms with E-state index in [1.54, 1.807) is 24.3 Å². The highest BCUT2D eigenvalue weighted by Gasteiger charge is 2.36. The van der Waals surface area contributed by atoms with Gasteiger partial charge in [-0.1, -0.05) is 24.4 Å². The minimum absolute atomic E-state index is 0.240. The normalized spacial score (nSPS) is 21.8. The molecule has 4 nitrogen and oxygen atoms in total. The first-order chi connectivity index (χ1) is 9.99. The van der Waals surface area contributed by atoms with Gasteiger partial charge < -0.3 is 5.11 Å². The lowest BCUT2D eigenvalue weighted by atomic mass is 9.76. The Hall–Kier alpha value is -1.68. The van der Waals surface area contributed by atoms with Gasteiger partial charge in [-0.05, 0) is 37.1 Å². The van der Waals surface area contributed by atoms with E-state index >= 15 is 0 Å². The summed E-state index contributed by atoms with van der Waals surface area (Å²) >= 11 is 5.75. The third-order valence-electron chi connectivity index (χ3n) is 4.00. The second-order valence-corrected chi connectivity index (χ2v) is 5.85. The summed E-state index contributed by atoms with van der Waals surface area (Å²) < 4.78 is 0. The van der Waals surface area contributed by atoms with Crippen LogP contribution in [-0.2, 0) is 9.59 Å². The minimum atomic E-state index is -0.938. The summed E-state index contributed by atoms with van der Waals surface area (Å²) in [5, 5.41) is 9.71. The summed E-state index contributed by atoms with van der Waals surface area (Å²) in [4.78, 5) is 35.5. The van der Waals surface area contributed by atoms with E-state index in [1.165, 1.54) is 0 Å². The van der Waals surface area contributed by atoms with Gasteiger partial charge in [-0.25, -0.2) is 0 Å². The predicted octanol–water partition coefficient (Wildman–Crippen LogP) is 3.37. The molecule has 0 heterocycles. The maximum atomic E-state index is 12.3. The number of carboxylic acid groups (broad SMARTS) is 1. The molecule has 0 saturated heterocycles. The van der Waals surface area contributed by atoms with Crippen LogP contribution in [0.25, 0.3) is 0 Å². The van der Waals surface area contributed by atoms with Gasteiger partial charge in [-0.2, -0.15) is 0 Å². The van der Waals surface area contributed by atoms with Crippen molar-refractivity contribution in [1.82, 2.24) is 0 Å². The molecule has 1 saturated carbocycles. The van der Waals surface area contributed by atoms with E-state index in [2.05, 4.69) is 0 Å². The lowest BCUT2D eigenvalue weighted by Crippen LogP contribution is -2.33. The molecule has 1 fully saturated rings. The number of hydrogen-bond donors (Lipinski definition) is 1. The molecule has 1 aromatic carbocycles. The van der Waals surface area contributed by atoms with Crippen LogP contribution in [0.3, 0.4) is 0 Å². The molecule has 2 rings (SSSR count). The number of rotatable bonds is 5. The van der Waals surface area contributed by atoms with Crippen LogP contribution < -0.4 is 0 Å². The van der Waals surface area contributed by atoms with Crippen LogP contribution in [0.5, 0.6) is 0 Å². The van der Waals surface area contributed by atoms with Gasteiger partial charge in [0, 0.05) is 16.5 Å². The summed E-state index contributed by atoms with van der Waals surface area (Å²) in [6.07, 6.45) is 2.50. The van der Waals surface area contributed by atoms with Crippen molar-refractivity contribution in [3.63, 3.8) is 0 Å². The molecule has 0 aromatic heterocycles. The second-order valence-electron chi connectivity index (χ2n) is 5.41. The number of carboxylic acids is 1. The lowest BCUT2D eigenvalue weighted by Gasteiger charge is -2.27. The van der Waals surface area contributed by atoms with Gasteiger partial charge in [-0.15, -0.1) is 0 Å². The minimum Gasteiger partial charge on any atom is -0.481 e. The monoisotopic (exact) mass is 308 g/mol. The molecule has 0 bridgehead atoms. The highest BCUT2D eigenvalue weighted by Crippen LogP contribution is 2.32. The van der Waals surface area contributed by atoms with Gasteiger partial charge in [0.15, 0.2) is 5.78 Å². The van der Waals surface area contributed by atoms with Crippen LogP contribution in [0.15, 0.2) is 24.3 Å². The lowest BCUT2D eigenvalue weighted by molar-refractivity contribution is -0.148. The Bertz CT molecular complexity index is 550. The molecule has 0 radical (unpaired) electrons. The van der Waals surface area contributed by atoms with Crippen LogP contribution in [0, 0.1) is 11.8 Å². The van der Waals surface area contributed by atoms with E-state index in [-0.39, 0.29) is 18.0 Å². The average molecular weight is 309 g/mol. The van der Waals surface area contributed by atoms with Crippen molar-refractivity contribution in [2.45, 2.75) is 32.1 Å². The zero-order valence-corrected chi connectivity index (χ0v) is 12.3. The fourth-order valence-electron chi connectivity index (χ4n) is 2.84. The molecule has 0 spiro atoms. The largest absolute Gasteiger partial charge is 0.481 e. The van der Waals surface area contributed by atoms with Crippen molar-refractivity contribution >= 4 is 29.1 Å². The standard InChI is InChI=1S/C16H17ClO4/c17-11-7-5-10(6-8-11)14(18)9-15(19)12-3-1-2-4-13(12)16(20)21/h5-8,12-13H,1-4,9H2,(H,20,21)/t12-,13+/m1/s1. The number of halogens is 1. The van der Waals surface area contributed by atoms with E-state index in [4.69, 9.17) is 11.6 Å². The number of ketones is 2. The predicted molar refractivity (Wildman–Crippen MR) is 78.5 cm³/mol. The number of benzene rings is 1. The molecule has 21 heavy (non-hydrogen) atoms. The Morgan fingerprint density at radius 2 is 1.62 bits per heavy atom. The first kappa shape index (κ1) is 15.7. The number of carbonyl (C=O) groups is 3. The molecule has 0 unspecified atom stereocenters. The highest BCUT2D eigenvalue weighted by molar-refractivity contribution is 6.30. The number of carbonyl (C=O) groups excluding carboxylic acids is 2. The zero-order valence-electron chi connectivity index (χ0n) is 11.5. The average Bonchev–Trinajstić information content (AvgIpc) is 2.47. The fourth-order valence-corrected chi connectivity index (χ4v) is 2.97. The first-order valence-electron chi connectivity index (χ1n) is 7.03. The fraction of sp³-hybridized carbons (Fsp3) is 0.438. The van der Waals surface area contributed by atoms with Crippen LogP contribution >= 0.6 is 11.6 Å². The SMILES string of the molecule is O=C(CC(=O)[C@@H]1CCCC[C@@H]1C(=O)O)c1ccc(Cl)cc1. The van der Waals surface area contributed by atoms with Crippen molar-refractivity contribution < 1.29 is 19.5 Å². The van der Waals surface area contributed by atoms with Crippen LogP contribution in [0.2, 0.25) is 5.02 Å². The summed E-state index contributed by atoms with van der Waals surface area (Å²) in [6.45, 7) is 0. The summed E-state index contributed by atoms with van der Waals surface area (Å²) in [5.74, 6) is -2.67. The van der Waals surface area contributed by atoms with E-state index in [9.17, 15) is 19.5 Å². The molecule has 1 aromatic rings. The van der Waals surface area contributed by atoms with Crippen molar-refractivity contribution in [3.05, 3.63) is 34.9 Å². The Labute approximate surface area is 128 Å². The molecular formula is C16H17ClO4.